The van der Waals surface area contributed by atoms with Crippen molar-refractivity contribution in [1.29, 1.82) is 0 Å². The molecule has 0 unspecified atom stereocenters. The Morgan fingerprint density at radius 1 is 1.31 bits per heavy atom. The van der Waals surface area contributed by atoms with Crippen molar-refractivity contribution in [3.05, 3.63) is 46.8 Å². The van der Waals surface area contributed by atoms with Crippen LogP contribution in [0.3, 0.4) is 0 Å². The van der Waals surface area contributed by atoms with Gasteiger partial charge in [-0.3, -0.25) is 4.79 Å². The lowest BCUT2D eigenvalue weighted by Gasteiger charge is -2.24. The number of halogens is 1. The maximum Gasteiger partial charge on any atom is 0.200 e. The summed E-state index contributed by atoms with van der Waals surface area (Å²) < 4.78 is 19.1. The molecule has 1 aromatic heterocycles. The number of anilines is 2. The van der Waals surface area contributed by atoms with E-state index in [-0.39, 0.29) is 16.9 Å². The minimum Gasteiger partial charge on any atom is -0.496 e. The average molecular weight is 358 g/mol. The molecule has 2 aromatic rings. The van der Waals surface area contributed by atoms with E-state index >= 15 is 0 Å². The average Bonchev–Trinajstić information content (AvgIpc) is 2.64. The van der Waals surface area contributed by atoms with Crippen molar-refractivity contribution in [2.45, 2.75) is 25.8 Å². The Bertz CT molecular complexity index is 819. The van der Waals surface area contributed by atoms with Crippen LogP contribution in [0.25, 0.3) is 0 Å². The van der Waals surface area contributed by atoms with Gasteiger partial charge in [0.25, 0.3) is 0 Å². The molecule has 1 aromatic carbocycles. The van der Waals surface area contributed by atoms with Gasteiger partial charge in [-0.15, -0.1) is 0 Å². The lowest BCUT2D eigenvalue weighted by molar-refractivity contribution is 0.103. The van der Waals surface area contributed by atoms with Gasteiger partial charge in [0.15, 0.2) is 0 Å². The van der Waals surface area contributed by atoms with E-state index in [4.69, 9.17) is 10.5 Å². The quantitative estimate of drug-likeness (QED) is 0.712. The van der Waals surface area contributed by atoms with Gasteiger partial charge in [0.1, 0.15) is 23.2 Å². The molecule has 2 heterocycles. The molecule has 26 heavy (non-hydrogen) atoms. The number of ether oxygens (including phenoxy) is 1. The Labute approximate surface area is 152 Å². The molecule has 1 aliphatic heterocycles. The first-order chi connectivity index (χ1) is 12.5. The van der Waals surface area contributed by atoms with Crippen molar-refractivity contribution in [2.24, 2.45) is 0 Å². The fourth-order valence-corrected chi connectivity index (χ4v) is 3.07. The Kier molecular flexibility index (Phi) is 5.37. The zero-order valence-electron chi connectivity index (χ0n) is 14.9. The molecule has 6 nitrogen and oxygen atoms in total. The van der Waals surface area contributed by atoms with Crippen LogP contribution in [-0.2, 0) is 0 Å². The number of hydrogen-bond acceptors (Lipinski definition) is 6. The Balaban J connectivity index is 1.85. The minimum absolute atomic E-state index is 0.108. The van der Waals surface area contributed by atoms with Crippen molar-refractivity contribution < 1.29 is 13.9 Å². The van der Waals surface area contributed by atoms with Gasteiger partial charge < -0.3 is 21.1 Å². The third-order valence-electron chi connectivity index (χ3n) is 4.59. The molecule has 1 aliphatic rings. The first kappa shape index (κ1) is 18.1. The first-order valence-corrected chi connectivity index (χ1v) is 8.62. The molecular weight excluding hydrogens is 335 g/mol. The molecular formula is C19H23FN4O2. The lowest BCUT2D eigenvalue weighted by Crippen LogP contribution is -2.35. The number of nitrogen functional groups attached to an aromatic ring is 1. The van der Waals surface area contributed by atoms with Gasteiger partial charge in [-0.25, -0.2) is 9.37 Å². The largest absolute Gasteiger partial charge is 0.496 e. The summed E-state index contributed by atoms with van der Waals surface area (Å²) in [4.78, 5) is 17.1. The molecule has 0 saturated carbocycles. The number of aryl methyl sites for hydroxylation is 1. The highest BCUT2D eigenvalue weighted by atomic mass is 19.1. The summed E-state index contributed by atoms with van der Waals surface area (Å²) >= 11 is 0. The number of carbonyl (C=O) groups excluding carboxylic acids is 1. The highest BCUT2D eigenvalue weighted by molar-refractivity contribution is 6.13. The predicted molar refractivity (Wildman–Crippen MR) is 99.3 cm³/mol. The molecule has 3 rings (SSSR count). The SMILES string of the molecule is COc1cc(C)c(F)cc1C(=O)c1ccc(NC2CCNCC2)nc1N. The zero-order valence-corrected chi connectivity index (χ0v) is 14.9. The van der Waals surface area contributed by atoms with Crippen LogP contribution in [0, 0.1) is 12.7 Å². The number of pyridine rings is 1. The van der Waals surface area contributed by atoms with E-state index in [1.807, 2.05) is 0 Å². The van der Waals surface area contributed by atoms with Gasteiger partial charge in [0.2, 0.25) is 5.78 Å². The molecule has 0 atom stereocenters. The van der Waals surface area contributed by atoms with E-state index in [9.17, 15) is 9.18 Å². The number of nitrogens with two attached hydrogens (primary N) is 1. The van der Waals surface area contributed by atoms with E-state index < -0.39 is 11.6 Å². The number of benzene rings is 1. The number of nitrogens with zero attached hydrogens (tertiary/aromatic N) is 1. The van der Waals surface area contributed by atoms with E-state index in [1.165, 1.54) is 19.2 Å². The molecule has 4 N–H and O–H groups in total. The molecule has 0 spiro atoms. The summed E-state index contributed by atoms with van der Waals surface area (Å²) in [7, 11) is 1.44. The maximum atomic E-state index is 13.9. The topological polar surface area (TPSA) is 89.3 Å². The van der Waals surface area contributed by atoms with Gasteiger partial charge in [0, 0.05) is 6.04 Å². The molecule has 0 aliphatic carbocycles. The molecule has 0 amide bonds. The van der Waals surface area contributed by atoms with Crippen molar-refractivity contribution in [2.75, 3.05) is 31.2 Å². The van der Waals surface area contributed by atoms with Crippen LogP contribution in [-0.4, -0.2) is 37.0 Å². The number of carbonyl (C=O) groups is 1. The molecule has 138 valence electrons. The molecule has 1 fully saturated rings. The lowest BCUT2D eigenvalue weighted by atomic mass is 10.0. The van der Waals surface area contributed by atoms with Crippen molar-refractivity contribution in [3.8, 4) is 5.75 Å². The number of aromatic nitrogens is 1. The molecule has 7 heteroatoms. The standard InChI is InChI=1S/C19H23FN4O2/c1-11-9-16(26-2)14(10-15(11)20)18(25)13-3-4-17(24-19(13)21)23-12-5-7-22-8-6-12/h3-4,9-10,12,22H,5-8H2,1-2H3,(H3,21,23,24). The first-order valence-electron chi connectivity index (χ1n) is 8.62. The summed E-state index contributed by atoms with van der Waals surface area (Å²) in [6.45, 7) is 3.54. The predicted octanol–water partition coefficient (Wildman–Crippen LogP) is 2.51. The highest BCUT2D eigenvalue weighted by Gasteiger charge is 2.21. The third-order valence-corrected chi connectivity index (χ3v) is 4.59. The van der Waals surface area contributed by atoms with Crippen LogP contribution in [0.2, 0.25) is 0 Å². The molecule has 0 bridgehead atoms. The summed E-state index contributed by atoms with van der Waals surface area (Å²) in [6.07, 6.45) is 2.00. The zero-order chi connectivity index (χ0) is 18.7. The van der Waals surface area contributed by atoms with Gasteiger partial charge in [-0.05, 0) is 62.7 Å². The second-order valence-corrected chi connectivity index (χ2v) is 6.43. The number of piperidine rings is 1. The Morgan fingerprint density at radius 2 is 2.04 bits per heavy atom. The van der Waals surface area contributed by atoms with Crippen LogP contribution in [0.1, 0.15) is 34.3 Å². The van der Waals surface area contributed by atoms with E-state index in [0.717, 1.165) is 25.9 Å². The normalized spacial score (nSPS) is 14.9. The monoisotopic (exact) mass is 358 g/mol. The van der Waals surface area contributed by atoms with E-state index in [2.05, 4.69) is 15.6 Å². The van der Waals surface area contributed by atoms with Crippen LogP contribution in [0.15, 0.2) is 24.3 Å². The van der Waals surface area contributed by atoms with Crippen LogP contribution in [0.5, 0.6) is 5.75 Å². The third kappa shape index (κ3) is 3.77. The number of hydrogen-bond donors (Lipinski definition) is 3. The second-order valence-electron chi connectivity index (χ2n) is 6.43. The summed E-state index contributed by atoms with van der Waals surface area (Å²) in [5.41, 5.74) is 6.77. The smallest absolute Gasteiger partial charge is 0.200 e. The van der Waals surface area contributed by atoms with Gasteiger partial charge in [-0.1, -0.05) is 0 Å². The van der Waals surface area contributed by atoms with Crippen molar-refractivity contribution in [1.82, 2.24) is 10.3 Å². The van der Waals surface area contributed by atoms with Crippen LogP contribution >= 0.6 is 0 Å². The van der Waals surface area contributed by atoms with Crippen molar-refractivity contribution in [3.63, 3.8) is 0 Å². The summed E-state index contributed by atoms with van der Waals surface area (Å²) in [6, 6.07) is 6.35. The Morgan fingerprint density at radius 3 is 2.69 bits per heavy atom. The fourth-order valence-electron chi connectivity index (χ4n) is 3.07. The van der Waals surface area contributed by atoms with Crippen LogP contribution < -0.4 is 21.1 Å². The van der Waals surface area contributed by atoms with E-state index in [1.54, 1.807) is 19.1 Å². The van der Waals surface area contributed by atoms with Crippen molar-refractivity contribution >= 4 is 17.4 Å². The van der Waals surface area contributed by atoms with Gasteiger partial charge in [-0.2, -0.15) is 0 Å². The summed E-state index contributed by atoms with van der Waals surface area (Å²) in [5, 5.41) is 6.64. The van der Waals surface area contributed by atoms with Crippen LogP contribution in [0.4, 0.5) is 16.0 Å². The Hall–Kier alpha value is -2.67. The number of nitrogens with one attached hydrogen (secondary N) is 2. The molecule has 0 radical (unpaired) electrons. The molecule has 1 saturated heterocycles. The number of ketones is 1. The highest BCUT2D eigenvalue weighted by Crippen LogP contribution is 2.27. The van der Waals surface area contributed by atoms with Gasteiger partial charge >= 0.3 is 0 Å². The summed E-state index contributed by atoms with van der Waals surface area (Å²) in [5.74, 6) is 0.166. The number of methoxy groups -OCH3 is 1. The fraction of sp³-hybridized carbons (Fsp3) is 0.368. The van der Waals surface area contributed by atoms with E-state index in [0.29, 0.717) is 23.2 Å². The second kappa shape index (κ2) is 7.70. The number of rotatable bonds is 5. The van der Waals surface area contributed by atoms with Gasteiger partial charge in [0.05, 0.1) is 18.2 Å². The minimum atomic E-state index is -0.468. The maximum absolute atomic E-state index is 13.9.